The van der Waals surface area contributed by atoms with E-state index in [9.17, 15) is 37.9 Å². The Morgan fingerprint density at radius 3 is 1.55 bits per heavy atom. The van der Waals surface area contributed by atoms with Crippen LogP contribution in [0.15, 0.2) is 48.6 Å². The Morgan fingerprint density at radius 1 is 0.567 bits per heavy atom. The van der Waals surface area contributed by atoms with Crippen LogP contribution in [0.1, 0.15) is 181 Å². The zero-order valence-electron chi connectivity index (χ0n) is 37.1. The number of ether oxygens (including phenoxy) is 4. The van der Waals surface area contributed by atoms with Crippen molar-refractivity contribution in [3.05, 3.63) is 48.6 Å². The van der Waals surface area contributed by atoms with Crippen LogP contribution >= 0.6 is 0 Å². The first-order valence-electron chi connectivity index (χ1n) is 23.2. The molecule has 348 valence electrons. The van der Waals surface area contributed by atoms with Gasteiger partial charge in [0.1, 0.15) is 36.8 Å². The Bertz CT molecular complexity index is 1300. The second kappa shape index (κ2) is 37.2. The minimum absolute atomic E-state index is 0.159. The third-order valence-corrected chi connectivity index (χ3v) is 11.1. The summed E-state index contributed by atoms with van der Waals surface area (Å²) >= 11 is 0. The van der Waals surface area contributed by atoms with E-state index >= 15 is 0 Å². The van der Waals surface area contributed by atoms with Gasteiger partial charge in [-0.1, -0.05) is 165 Å². The molecule has 0 aliphatic carbocycles. The van der Waals surface area contributed by atoms with Crippen molar-refractivity contribution in [2.45, 2.75) is 218 Å². The van der Waals surface area contributed by atoms with E-state index in [4.69, 9.17) is 18.9 Å². The lowest BCUT2D eigenvalue weighted by atomic mass is 10.00. The molecule has 4 N–H and O–H groups in total. The quantitative estimate of drug-likeness (QED) is 0.0200. The summed E-state index contributed by atoms with van der Waals surface area (Å²) in [6, 6.07) is 0. The number of hydrogen-bond acceptors (Lipinski definition) is 11. The lowest BCUT2D eigenvalue weighted by Crippen LogP contribution is -2.60. The van der Waals surface area contributed by atoms with Crippen LogP contribution in [0.5, 0.6) is 0 Å². The minimum Gasteiger partial charge on any atom is -0.462 e. The lowest BCUT2D eigenvalue weighted by Gasteiger charge is -2.40. The van der Waals surface area contributed by atoms with Gasteiger partial charge in [-0.3, -0.25) is 14.1 Å². The fourth-order valence-electron chi connectivity index (χ4n) is 6.79. The van der Waals surface area contributed by atoms with E-state index in [-0.39, 0.29) is 19.4 Å². The summed E-state index contributed by atoms with van der Waals surface area (Å²) in [5.41, 5.74) is 0. The van der Waals surface area contributed by atoms with Crippen LogP contribution in [0.2, 0.25) is 0 Å². The molecule has 0 spiro atoms. The van der Waals surface area contributed by atoms with Crippen molar-refractivity contribution in [3.63, 3.8) is 0 Å². The number of aliphatic hydroxyl groups is 3. The highest BCUT2D eigenvalue weighted by molar-refractivity contribution is 7.85. The maximum absolute atomic E-state index is 12.8. The standard InChI is InChI=1S/C47H82O12S/c1-3-5-7-9-11-13-15-17-19-20-22-23-25-27-29-31-33-35-42(48)56-37-40(38-57-47-46(52)45(51)44(50)41(59-47)39-60(53,54)55)58-43(49)36-34-32-30-28-26-24-21-18-16-14-12-10-8-6-4-2/h7,9,13,15,19-20,23,25,40-41,44-47,50-52H,3-6,8,10-12,14,16-18,21-22,24,26-39H2,1-2H3,(H,53,54,55)/b9-7+,15-13+,20-19+,25-23+/t40-,41-,44-,45?,46?,47+/m1/s1. The molecule has 60 heavy (non-hydrogen) atoms. The maximum Gasteiger partial charge on any atom is 0.306 e. The van der Waals surface area contributed by atoms with E-state index in [1.165, 1.54) is 77.0 Å². The molecule has 0 bridgehead atoms. The Morgan fingerprint density at radius 2 is 1.03 bits per heavy atom. The molecule has 0 amide bonds. The number of hydrogen-bond donors (Lipinski definition) is 4. The van der Waals surface area contributed by atoms with E-state index in [0.717, 1.165) is 64.2 Å². The summed E-state index contributed by atoms with van der Waals surface area (Å²) < 4.78 is 54.1. The molecule has 0 radical (unpaired) electrons. The van der Waals surface area contributed by atoms with Gasteiger partial charge in [0.25, 0.3) is 10.1 Å². The number of allylic oxidation sites excluding steroid dienone is 8. The molecule has 0 aromatic heterocycles. The molecule has 1 fully saturated rings. The fourth-order valence-corrected chi connectivity index (χ4v) is 7.48. The van der Waals surface area contributed by atoms with E-state index in [2.05, 4.69) is 62.5 Å². The SMILES string of the molecule is CCC/C=C/C/C=C/C/C=C/C/C=C/CCCCCC(=O)OC[C@H](CO[C@H]1O[C@H](CS(=O)(=O)O)[C@@H](O)C(O)C1O)OC(=O)CCCCCCCCCCCCCCCCC. The first kappa shape index (κ1) is 55.6. The van der Waals surface area contributed by atoms with Gasteiger partial charge in [0.15, 0.2) is 12.4 Å². The molecular formula is C47H82O12S. The third-order valence-electron chi connectivity index (χ3n) is 10.4. The number of rotatable bonds is 38. The minimum atomic E-state index is -4.61. The summed E-state index contributed by atoms with van der Waals surface area (Å²) in [5, 5.41) is 30.9. The highest BCUT2D eigenvalue weighted by Crippen LogP contribution is 2.24. The zero-order valence-corrected chi connectivity index (χ0v) is 37.9. The van der Waals surface area contributed by atoms with Gasteiger partial charge < -0.3 is 34.3 Å². The predicted molar refractivity (Wildman–Crippen MR) is 238 cm³/mol. The van der Waals surface area contributed by atoms with Crippen LogP contribution in [-0.4, -0.2) is 96.0 Å². The lowest BCUT2D eigenvalue weighted by molar-refractivity contribution is -0.297. The highest BCUT2D eigenvalue weighted by Gasteiger charge is 2.46. The average Bonchev–Trinajstić information content (AvgIpc) is 3.21. The molecule has 1 saturated heterocycles. The summed E-state index contributed by atoms with van der Waals surface area (Å²) in [5.74, 6) is -2.02. The molecule has 1 aliphatic heterocycles. The van der Waals surface area contributed by atoms with Gasteiger partial charge >= 0.3 is 11.9 Å². The summed E-state index contributed by atoms with van der Waals surface area (Å²) in [6.45, 7) is 3.67. The fraction of sp³-hybridized carbons (Fsp3) is 0.787. The third kappa shape index (κ3) is 31.5. The number of unbranched alkanes of at least 4 members (excludes halogenated alkanes) is 18. The van der Waals surface area contributed by atoms with Crippen molar-refractivity contribution in [1.82, 2.24) is 0 Å². The van der Waals surface area contributed by atoms with E-state index in [1.54, 1.807) is 0 Å². The maximum atomic E-state index is 12.8. The van der Waals surface area contributed by atoms with Crippen molar-refractivity contribution >= 4 is 22.1 Å². The average molecular weight is 871 g/mol. The van der Waals surface area contributed by atoms with Crippen molar-refractivity contribution < 1.29 is 56.8 Å². The van der Waals surface area contributed by atoms with Crippen LogP contribution in [0, 0.1) is 0 Å². The summed E-state index contributed by atoms with van der Waals surface area (Å²) in [7, 11) is -4.61. The molecular weight excluding hydrogens is 789 g/mol. The molecule has 6 atom stereocenters. The Kier molecular flexibility index (Phi) is 34.5. The van der Waals surface area contributed by atoms with Crippen molar-refractivity contribution in [1.29, 1.82) is 0 Å². The Balaban J connectivity index is 2.46. The van der Waals surface area contributed by atoms with E-state index < -0.39 is 71.2 Å². The van der Waals surface area contributed by atoms with Crippen LogP contribution in [0.3, 0.4) is 0 Å². The number of carbonyl (C=O) groups excluding carboxylic acids is 2. The van der Waals surface area contributed by atoms with Gasteiger partial charge in [-0.05, 0) is 51.4 Å². The van der Waals surface area contributed by atoms with E-state index in [1.807, 2.05) is 0 Å². The second-order valence-electron chi connectivity index (χ2n) is 16.1. The van der Waals surface area contributed by atoms with Gasteiger partial charge in [-0.15, -0.1) is 0 Å². The van der Waals surface area contributed by atoms with Gasteiger partial charge in [-0.25, -0.2) is 0 Å². The summed E-state index contributed by atoms with van der Waals surface area (Å²) in [6.07, 6.45) is 34.3. The van der Waals surface area contributed by atoms with Gasteiger partial charge in [0, 0.05) is 12.8 Å². The molecule has 0 aromatic carbocycles. The van der Waals surface area contributed by atoms with Crippen molar-refractivity contribution in [2.24, 2.45) is 0 Å². The Labute approximate surface area is 363 Å². The van der Waals surface area contributed by atoms with Gasteiger partial charge in [-0.2, -0.15) is 8.42 Å². The van der Waals surface area contributed by atoms with Crippen molar-refractivity contribution in [2.75, 3.05) is 19.0 Å². The van der Waals surface area contributed by atoms with Gasteiger partial charge in [0.2, 0.25) is 0 Å². The topological polar surface area (TPSA) is 186 Å². The number of aliphatic hydroxyl groups excluding tert-OH is 3. The molecule has 12 nitrogen and oxygen atoms in total. The Hall–Kier alpha value is -2.39. The first-order chi connectivity index (χ1) is 29.0. The van der Waals surface area contributed by atoms with Gasteiger partial charge in [0.05, 0.1) is 6.61 Å². The smallest absolute Gasteiger partial charge is 0.306 e. The number of esters is 2. The molecule has 2 unspecified atom stereocenters. The zero-order chi connectivity index (χ0) is 44.1. The highest BCUT2D eigenvalue weighted by atomic mass is 32.2. The van der Waals surface area contributed by atoms with Crippen LogP contribution in [0.25, 0.3) is 0 Å². The van der Waals surface area contributed by atoms with Crippen LogP contribution in [0.4, 0.5) is 0 Å². The molecule has 1 rings (SSSR count). The number of carbonyl (C=O) groups is 2. The molecule has 1 heterocycles. The predicted octanol–water partition coefficient (Wildman–Crippen LogP) is 9.56. The summed E-state index contributed by atoms with van der Waals surface area (Å²) in [4.78, 5) is 25.4. The molecule has 0 aromatic rings. The molecule has 13 heteroatoms. The molecule has 1 aliphatic rings. The normalized spacial score (nSPS) is 20.5. The first-order valence-corrected chi connectivity index (χ1v) is 24.8. The van der Waals surface area contributed by atoms with Crippen LogP contribution in [-0.2, 0) is 38.7 Å². The van der Waals surface area contributed by atoms with Crippen molar-refractivity contribution in [3.8, 4) is 0 Å². The monoisotopic (exact) mass is 871 g/mol. The van der Waals surface area contributed by atoms with E-state index in [0.29, 0.717) is 12.8 Å². The molecule has 0 saturated carbocycles. The second-order valence-corrected chi connectivity index (χ2v) is 17.6. The van der Waals surface area contributed by atoms with Crippen LogP contribution < -0.4 is 0 Å². The largest absolute Gasteiger partial charge is 0.462 e.